The molecule has 35 heavy (non-hydrogen) atoms. The summed E-state index contributed by atoms with van der Waals surface area (Å²) >= 11 is 0. The van der Waals surface area contributed by atoms with E-state index in [1.54, 1.807) is 24.3 Å². The Bertz CT molecular complexity index is 828. The molecule has 3 fully saturated rings. The molecule has 0 aromatic heterocycles. The van der Waals surface area contributed by atoms with Crippen molar-refractivity contribution in [3.8, 4) is 0 Å². The Kier molecular flexibility index (Phi) is 11.6. The molecule has 0 radical (unpaired) electrons. The summed E-state index contributed by atoms with van der Waals surface area (Å²) in [6.45, 7) is 6.86. The van der Waals surface area contributed by atoms with Crippen LogP contribution < -0.4 is 0 Å². The van der Waals surface area contributed by atoms with Crippen molar-refractivity contribution in [3.63, 3.8) is 0 Å². The summed E-state index contributed by atoms with van der Waals surface area (Å²) in [7, 11) is 0. The van der Waals surface area contributed by atoms with Crippen molar-refractivity contribution < 1.29 is 19.2 Å². The van der Waals surface area contributed by atoms with Crippen molar-refractivity contribution in [1.29, 1.82) is 0 Å². The van der Waals surface area contributed by atoms with Gasteiger partial charge in [-0.15, -0.1) is 0 Å². The lowest BCUT2D eigenvalue weighted by Gasteiger charge is -2.44. The highest BCUT2D eigenvalue weighted by molar-refractivity contribution is 5.34. The zero-order chi connectivity index (χ0) is 25.7. The fourth-order valence-corrected chi connectivity index (χ4v) is 6.73. The maximum absolute atomic E-state index is 10.3. The van der Waals surface area contributed by atoms with Crippen LogP contribution in [0, 0.1) is 22.7 Å². The van der Waals surface area contributed by atoms with Crippen molar-refractivity contribution >= 4 is 24.3 Å². The average Bonchev–Trinajstić information content (AvgIpc) is 2.80. The predicted octanol–water partition coefficient (Wildman–Crippen LogP) is 5.41. The Hall–Kier alpha value is -2.48. The van der Waals surface area contributed by atoms with Crippen LogP contribution in [0.4, 0.5) is 0 Å². The number of nitrogens with zero attached hydrogens (tertiary/aromatic N) is 4. The van der Waals surface area contributed by atoms with Crippen molar-refractivity contribution in [2.45, 2.75) is 116 Å². The normalized spacial score (nSPS) is 33.7. The fraction of sp³-hybridized carbons (Fsp3) is 0.852. The highest BCUT2D eigenvalue weighted by Gasteiger charge is 2.41. The van der Waals surface area contributed by atoms with E-state index in [1.807, 2.05) is 0 Å². The van der Waals surface area contributed by atoms with E-state index in [9.17, 15) is 19.2 Å². The van der Waals surface area contributed by atoms with Gasteiger partial charge in [-0.2, -0.15) is 0 Å². The first kappa shape index (κ1) is 28.8. The van der Waals surface area contributed by atoms with Gasteiger partial charge in [-0.25, -0.2) is 39.1 Å². The fourth-order valence-electron chi connectivity index (χ4n) is 6.73. The SMILES string of the molecule is CC1(C)CC(N=C=O)CC(C)(CN=C=O)C1.O=C=NC1CCC(CC2CCC(N=C=O)CC2)CC1. The van der Waals surface area contributed by atoms with Crippen LogP contribution in [0.2, 0.25) is 0 Å². The molecule has 0 amide bonds. The molecule has 0 N–H and O–H groups in total. The van der Waals surface area contributed by atoms with Gasteiger partial charge in [0.1, 0.15) is 0 Å². The third-order valence-electron chi connectivity index (χ3n) is 7.95. The number of isocyanates is 4. The van der Waals surface area contributed by atoms with E-state index in [2.05, 4.69) is 40.7 Å². The lowest BCUT2D eigenvalue weighted by molar-refractivity contribution is 0.0915. The monoisotopic (exact) mass is 484 g/mol. The lowest BCUT2D eigenvalue weighted by Crippen LogP contribution is -2.39. The van der Waals surface area contributed by atoms with E-state index in [1.165, 1.54) is 32.1 Å². The second kappa shape index (κ2) is 14.2. The Morgan fingerprint density at radius 3 is 1.51 bits per heavy atom. The van der Waals surface area contributed by atoms with E-state index in [0.29, 0.717) is 6.54 Å². The highest BCUT2D eigenvalue weighted by atomic mass is 16.1. The molecule has 0 aliphatic heterocycles. The van der Waals surface area contributed by atoms with E-state index in [0.717, 1.165) is 56.8 Å². The molecule has 3 rings (SSSR count). The van der Waals surface area contributed by atoms with Crippen LogP contribution >= 0.6 is 0 Å². The Labute approximate surface area is 208 Å². The van der Waals surface area contributed by atoms with Crippen LogP contribution in [0.5, 0.6) is 0 Å². The second-order valence-corrected chi connectivity index (χ2v) is 11.9. The number of aliphatic imine (C=N–C) groups is 4. The minimum absolute atomic E-state index is 0.00750. The standard InChI is InChI=1S/C15H22N2O2.C12H18N2O2/c18-10-16-14-5-1-12(2-6-14)9-13-3-7-15(8-4-13)17-11-19;1-11(2)4-10(14-9-16)5-12(3,6-11)7-13-8-15/h12-15H,1-9H2;10H,4-7H2,1-3H3. The molecule has 0 aromatic rings. The first-order valence-electron chi connectivity index (χ1n) is 13.0. The largest absolute Gasteiger partial charge is 0.235 e. The van der Waals surface area contributed by atoms with Gasteiger partial charge in [-0.3, -0.25) is 0 Å². The van der Waals surface area contributed by atoms with Gasteiger partial charge in [-0.05, 0) is 99.7 Å². The average molecular weight is 485 g/mol. The van der Waals surface area contributed by atoms with Crippen molar-refractivity contribution in [3.05, 3.63) is 0 Å². The minimum atomic E-state index is -0.0653. The number of rotatable bonds is 7. The maximum Gasteiger partial charge on any atom is 0.235 e. The molecule has 2 atom stereocenters. The summed E-state index contributed by atoms with van der Waals surface area (Å²) in [5.41, 5.74) is 0.0561. The zero-order valence-electron chi connectivity index (χ0n) is 21.5. The Morgan fingerprint density at radius 2 is 1.09 bits per heavy atom. The molecule has 3 aliphatic carbocycles. The molecular weight excluding hydrogens is 444 g/mol. The molecule has 0 bridgehead atoms. The number of hydrogen-bond donors (Lipinski definition) is 0. The van der Waals surface area contributed by atoms with Crippen LogP contribution in [-0.4, -0.2) is 49.0 Å². The van der Waals surface area contributed by atoms with E-state index >= 15 is 0 Å². The van der Waals surface area contributed by atoms with Gasteiger partial charge in [0.25, 0.3) is 0 Å². The topological polar surface area (TPSA) is 118 Å². The van der Waals surface area contributed by atoms with E-state index in [4.69, 9.17) is 0 Å². The van der Waals surface area contributed by atoms with E-state index < -0.39 is 0 Å². The summed E-state index contributed by atoms with van der Waals surface area (Å²) < 4.78 is 0. The Morgan fingerprint density at radius 1 is 0.629 bits per heavy atom. The third-order valence-corrected chi connectivity index (χ3v) is 7.95. The minimum Gasteiger partial charge on any atom is -0.211 e. The van der Waals surface area contributed by atoms with Gasteiger partial charge in [0.05, 0.1) is 24.7 Å². The molecule has 0 heterocycles. The lowest BCUT2D eigenvalue weighted by atomic mass is 9.63. The number of hydrogen-bond acceptors (Lipinski definition) is 8. The second-order valence-electron chi connectivity index (χ2n) is 11.9. The molecule has 3 saturated carbocycles. The van der Waals surface area contributed by atoms with Crippen LogP contribution in [0.3, 0.4) is 0 Å². The van der Waals surface area contributed by atoms with Crippen LogP contribution in [0.15, 0.2) is 20.0 Å². The van der Waals surface area contributed by atoms with Crippen LogP contribution in [-0.2, 0) is 19.2 Å². The molecule has 8 heteroatoms. The van der Waals surface area contributed by atoms with Gasteiger partial charge < -0.3 is 0 Å². The molecule has 192 valence electrons. The summed E-state index contributed by atoms with van der Waals surface area (Å²) in [5.74, 6) is 1.60. The summed E-state index contributed by atoms with van der Waals surface area (Å²) in [6.07, 6.45) is 19.5. The summed E-state index contributed by atoms with van der Waals surface area (Å²) in [4.78, 5) is 56.2. The molecule has 0 spiro atoms. The highest BCUT2D eigenvalue weighted by Crippen LogP contribution is 2.47. The van der Waals surface area contributed by atoms with Gasteiger partial charge in [0, 0.05) is 0 Å². The third kappa shape index (κ3) is 10.3. The van der Waals surface area contributed by atoms with Gasteiger partial charge in [0.2, 0.25) is 24.3 Å². The van der Waals surface area contributed by atoms with Crippen molar-refractivity contribution in [2.75, 3.05) is 6.54 Å². The molecule has 3 aliphatic rings. The first-order chi connectivity index (χ1) is 16.7. The van der Waals surface area contributed by atoms with Gasteiger partial charge >= 0.3 is 0 Å². The maximum atomic E-state index is 10.3. The van der Waals surface area contributed by atoms with Gasteiger partial charge in [-0.1, -0.05) is 20.8 Å². The summed E-state index contributed by atoms with van der Waals surface area (Å²) in [6, 6.07) is 0.464. The smallest absolute Gasteiger partial charge is 0.211 e. The molecule has 8 nitrogen and oxygen atoms in total. The molecule has 0 aromatic carbocycles. The van der Waals surface area contributed by atoms with Crippen molar-refractivity contribution in [1.82, 2.24) is 0 Å². The Balaban J connectivity index is 0.000000251. The molecular formula is C27H40N4O4. The number of carbonyl (C=O) groups excluding carboxylic acids is 4. The molecule has 2 unspecified atom stereocenters. The first-order valence-corrected chi connectivity index (χ1v) is 13.0. The predicted molar refractivity (Wildman–Crippen MR) is 133 cm³/mol. The van der Waals surface area contributed by atoms with Crippen molar-refractivity contribution in [2.24, 2.45) is 42.6 Å². The van der Waals surface area contributed by atoms with E-state index in [-0.39, 0.29) is 29.0 Å². The quantitative estimate of drug-likeness (QED) is 0.354. The summed E-state index contributed by atoms with van der Waals surface area (Å²) in [5, 5.41) is 0. The van der Waals surface area contributed by atoms with Crippen LogP contribution in [0.1, 0.15) is 97.8 Å². The zero-order valence-corrected chi connectivity index (χ0v) is 21.5. The van der Waals surface area contributed by atoms with Gasteiger partial charge in [0.15, 0.2) is 0 Å². The van der Waals surface area contributed by atoms with Crippen LogP contribution in [0.25, 0.3) is 0 Å². The molecule has 0 saturated heterocycles.